The number of hydrogen-bond donors (Lipinski definition) is 1. The molecule has 1 N–H and O–H groups in total. The van der Waals surface area contributed by atoms with Gasteiger partial charge < -0.3 is 5.11 Å². The van der Waals surface area contributed by atoms with E-state index in [2.05, 4.69) is 0 Å². The van der Waals surface area contributed by atoms with E-state index >= 15 is 0 Å². The third-order valence-electron chi connectivity index (χ3n) is 4.26. The van der Waals surface area contributed by atoms with Gasteiger partial charge in [-0.1, -0.05) is 12.8 Å². The van der Waals surface area contributed by atoms with Crippen LogP contribution in [0.25, 0.3) is 0 Å². The Bertz CT molecular complexity index is 648. The summed E-state index contributed by atoms with van der Waals surface area (Å²) in [5, 5.41) is 9.94. The van der Waals surface area contributed by atoms with Crippen molar-refractivity contribution in [1.82, 2.24) is 4.31 Å². The normalized spacial score (nSPS) is 23.0. The lowest BCUT2D eigenvalue weighted by atomic mass is 9.86. The van der Waals surface area contributed by atoms with Crippen LogP contribution in [0.15, 0.2) is 17.0 Å². The average Bonchev–Trinajstić information content (AvgIpc) is 2.45. The van der Waals surface area contributed by atoms with E-state index in [4.69, 9.17) is 0 Å². The SMILES string of the molecule is Cc1cc(S(=O)(=O)N(C)CC2CCCCC2O)c(F)cc1F. The van der Waals surface area contributed by atoms with Gasteiger partial charge in [-0.15, -0.1) is 0 Å². The summed E-state index contributed by atoms with van der Waals surface area (Å²) in [5.41, 5.74) is 0.0751. The highest BCUT2D eigenvalue weighted by atomic mass is 32.2. The Morgan fingerprint density at radius 3 is 2.50 bits per heavy atom. The van der Waals surface area contributed by atoms with Gasteiger partial charge in [-0.3, -0.25) is 0 Å². The van der Waals surface area contributed by atoms with E-state index in [1.165, 1.54) is 14.0 Å². The van der Waals surface area contributed by atoms with Crippen molar-refractivity contribution in [2.24, 2.45) is 5.92 Å². The molecule has 0 aliphatic heterocycles. The molecule has 0 radical (unpaired) electrons. The first kappa shape index (κ1) is 17.3. The third kappa shape index (κ3) is 3.47. The fraction of sp³-hybridized carbons (Fsp3) is 0.600. The number of aliphatic hydroxyl groups is 1. The van der Waals surface area contributed by atoms with E-state index in [0.29, 0.717) is 12.5 Å². The number of nitrogens with zero attached hydrogens (tertiary/aromatic N) is 1. The van der Waals surface area contributed by atoms with Gasteiger partial charge in [0, 0.05) is 19.7 Å². The van der Waals surface area contributed by atoms with Gasteiger partial charge in [0.2, 0.25) is 10.0 Å². The molecule has 1 fully saturated rings. The molecule has 1 aromatic rings. The van der Waals surface area contributed by atoms with Crippen LogP contribution in [-0.2, 0) is 10.0 Å². The van der Waals surface area contributed by atoms with Crippen molar-refractivity contribution >= 4 is 10.0 Å². The van der Waals surface area contributed by atoms with Gasteiger partial charge in [0.25, 0.3) is 0 Å². The van der Waals surface area contributed by atoms with E-state index in [0.717, 1.165) is 29.6 Å². The summed E-state index contributed by atoms with van der Waals surface area (Å²) in [6.07, 6.45) is 2.74. The standard InChI is InChI=1S/C15H21F2NO3S/c1-10-7-15(13(17)8-12(10)16)22(20,21)18(2)9-11-5-3-4-6-14(11)19/h7-8,11,14,19H,3-6,9H2,1-2H3. The highest BCUT2D eigenvalue weighted by molar-refractivity contribution is 7.89. The number of aryl methyl sites for hydroxylation is 1. The Kier molecular flexibility index (Phi) is 5.19. The predicted molar refractivity (Wildman–Crippen MR) is 78.9 cm³/mol. The zero-order valence-corrected chi connectivity index (χ0v) is 13.5. The molecule has 2 unspecified atom stereocenters. The molecular formula is C15H21F2NO3S. The lowest BCUT2D eigenvalue weighted by Gasteiger charge is -2.30. The van der Waals surface area contributed by atoms with Crippen molar-refractivity contribution in [3.8, 4) is 0 Å². The number of sulfonamides is 1. The quantitative estimate of drug-likeness (QED) is 0.921. The number of halogens is 2. The van der Waals surface area contributed by atoms with Crippen LogP contribution in [0.4, 0.5) is 8.78 Å². The summed E-state index contributed by atoms with van der Waals surface area (Å²) in [6.45, 7) is 1.51. The Hall–Kier alpha value is -1.05. The van der Waals surface area contributed by atoms with Crippen molar-refractivity contribution < 1.29 is 22.3 Å². The molecule has 0 bridgehead atoms. The molecule has 1 saturated carbocycles. The molecule has 0 spiro atoms. The first-order valence-electron chi connectivity index (χ1n) is 7.33. The van der Waals surface area contributed by atoms with Crippen molar-refractivity contribution in [3.63, 3.8) is 0 Å². The highest BCUT2D eigenvalue weighted by Crippen LogP contribution is 2.28. The average molecular weight is 333 g/mol. The van der Waals surface area contributed by atoms with E-state index < -0.39 is 32.7 Å². The van der Waals surface area contributed by atoms with Crippen LogP contribution in [0.5, 0.6) is 0 Å². The number of rotatable bonds is 4. The molecular weight excluding hydrogens is 312 g/mol. The summed E-state index contributed by atoms with van der Waals surface area (Å²) in [4.78, 5) is -0.529. The molecule has 2 atom stereocenters. The summed E-state index contributed by atoms with van der Waals surface area (Å²) >= 11 is 0. The number of benzene rings is 1. The minimum absolute atomic E-state index is 0.0751. The molecule has 1 aliphatic carbocycles. The Labute approximate surface area is 129 Å². The Morgan fingerprint density at radius 1 is 1.23 bits per heavy atom. The van der Waals surface area contributed by atoms with Gasteiger partial charge in [-0.05, 0) is 37.3 Å². The van der Waals surface area contributed by atoms with Crippen LogP contribution in [-0.4, -0.2) is 37.5 Å². The first-order valence-corrected chi connectivity index (χ1v) is 8.77. The molecule has 2 rings (SSSR count). The second-order valence-electron chi connectivity index (χ2n) is 5.93. The van der Waals surface area contributed by atoms with Gasteiger partial charge in [-0.25, -0.2) is 21.5 Å². The van der Waals surface area contributed by atoms with Crippen LogP contribution in [0.2, 0.25) is 0 Å². The largest absolute Gasteiger partial charge is 0.393 e. The summed E-state index contributed by atoms with van der Waals surface area (Å²) in [7, 11) is -2.70. The molecule has 1 aromatic carbocycles. The maximum Gasteiger partial charge on any atom is 0.245 e. The first-order chi connectivity index (χ1) is 10.2. The van der Waals surface area contributed by atoms with Gasteiger partial charge >= 0.3 is 0 Å². The summed E-state index contributed by atoms with van der Waals surface area (Å²) in [6, 6.07) is 1.60. The zero-order valence-electron chi connectivity index (χ0n) is 12.7. The summed E-state index contributed by atoms with van der Waals surface area (Å²) < 4.78 is 53.1. The number of aliphatic hydroxyl groups excluding tert-OH is 1. The van der Waals surface area contributed by atoms with Crippen LogP contribution in [0.3, 0.4) is 0 Å². The highest BCUT2D eigenvalue weighted by Gasteiger charge is 2.31. The van der Waals surface area contributed by atoms with Crippen LogP contribution < -0.4 is 0 Å². The molecule has 22 heavy (non-hydrogen) atoms. The smallest absolute Gasteiger partial charge is 0.245 e. The topological polar surface area (TPSA) is 57.6 Å². The molecule has 4 nitrogen and oxygen atoms in total. The van der Waals surface area contributed by atoms with Crippen LogP contribution in [0.1, 0.15) is 31.2 Å². The zero-order chi connectivity index (χ0) is 16.5. The molecule has 0 heterocycles. The fourth-order valence-electron chi connectivity index (χ4n) is 2.83. The van der Waals surface area contributed by atoms with Gasteiger partial charge in [-0.2, -0.15) is 0 Å². The van der Waals surface area contributed by atoms with Gasteiger partial charge in [0.15, 0.2) is 0 Å². The summed E-state index contributed by atoms with van der Waals surface area (Å²) in [5.74, 6) is -2.03. The molecule has 1 aliphatic rings. The van der Waals surface area contributed by atoms with Crippen molar-refractivity contribution in [1.29, 1.82) is 0 Å². The van der Waals surface area contributed by atoms with Gasteiger partial charge in [0.1, 0.15) is 16.5 Å². The van der Waals surface area contributed by atoms with Crippen molar-refractivity contribution in [2.45, 2.75) is 43.6 Å². The third-order valence-corrected chi connectivity index (χ3v) is 6.10. The van der Waals surface area contributed by atoms with E-state index in [9.17, 15) is 22.3 Å². The molecule has 0 amide bonds. The van der Waals surface area contributed by atoms with E-state index in [-0.39, 0.29) is 18.0 Å². The maximum atomic E-state index is 13.8. The van der Waals surface area contributed by atoms with Gasteiger partial charge in [0.05, 0.1) is 6.10 Å². The maximum absolute atomic E-state index is 13.8. The number of hydrogen-bond acceptors (Lipinski definition) is 3. The van der Waals surface area contributed by atoms with E-state index in [1.807, 2.05) is 0 Å². The lowest BCUT2D eigenvalue weighted by Crippen LogP contribution is -2.38. The van der Waals surface area contributed by atoms with Crippen LogP contribution >= 0.6 is 0 Å². The second-order valence-corrected chi connectivity index (χ2v) is 7.94. The van der Waals surface area contributed by atoms with Crippen molar-refractivity contribution in [3.05, 3.63) is 29.3 Å². The molecule has 124 valence electrons. The predicted octanol–water partition coefficient (Wildman–Crippen LogP) is 2.44. The van der Waals surface area contributed by atoms with Crippen molar-refractivity contribution in [2.75, 3.05) is 13.6 Å². The molecule has 7 heteroatoms. The second kappa shape index (κ2) is 6.60. The minimum atomic E-state index is -4.05. The lowest BCUT2D eigenvalue weighted by molar-refractivity contribution is 0.0620. The minimum Gasteiger partial charge on any atom is -0.393 e. The molecule has 0 saturated heterocycles. The monoisotopic (exact) mass is 333 g/mol. The Morgan fingerprint density at radius 2 is 1.86 bits per heavy atom. The fourth-order valence-corrected chi connectivity index (χ4v) is 4.18. The Balaban J connectivity index is 2.24. The molecule has 0 aromatic heterocycles. The van der Waals surface area contributed by atoms with Crippen LogP contribution in [0, 0.1) is 24.5 Å². The van der Waals surface area contributed by atoms with E-state index in [1.54, 1.807) is 0 Å².